The number of para-hydroxylation sites is 1. The molecular formula is C45H46N4OPt. The van der Waals surface area contributed by atoms with Crippen molar-refractivity contribution in [3.05, 3.63) is 131 Å². The summed E-state index contributed by atoms with van der Waals surface area (Å²) in [6.45, 7) is 15.9. The van der Waals surface area contributed by atoms with Gasteiger partial charge in [-0.1, -0.05) is 84.2 Å². The summed E-state index contributed by atoms with van der Waals surface area (Å²) in [6, 6.07) is 32.1. The molecule has 0 radical (unpaired) electrons. The summed E-state index contributed by atoms with van der Waals surface area (Å²) >= 11 is 0. The van der Waals surface area contributed by atoms with Crippen LogP contribution < -0.4 is 4.74 Å². The maximum Gasteiger partial charge on any atom is 2.00 e. The molecule has 7 rings (SSSR count). The van der Waals surface area contributed by atoms with Gasteiger partial charge in [-0.25, -0.2) is 4.98 Å². The first-order valence-corrected chi connectivity index (χ1v) is 18.1. The summed E-state index contributed by atoms with van der Waals surface area (Å²) in [4.78, 5) is 4.71. The number of nitrogens with zero attached hydrogens (tertiary/aromatic N) is 4. The number of ether oxygens (including phenoxy) is 1. The van der Waals surface area contributed by atoms with Gasteiger partial charge in [0.1, 0.15) is 5.82 Å². The van der Waals surface area contributed by atoms with Gasteiger partial charge in [-0.15, -0.1) is 35.7 Å². The fourth-order valence-electron chi connectivity index (χ4n) is 7.38. The maximum absolute atomic E-state index is 6.45. The molecule has 51 heavy (non-hydrogen) atoms. The first-order valence-electron chi connectivity index (χ1n) is 18.1. The second kappa shape index (κ2) is 15.4. The number of hydrogen-bond donors (Lipinski definition) is 0. The molecule has 0 bridgehead atoms. The minimum Gasteiger partial charge on any atom is -0.509 e. The number of hydrogen-bond acceptors (Lipinski definition) is 3. The third kappa shape index (κ3) is 7.06. The summed E-state index contributed by atoms with van der Waals surface area (Å²) in [5.74, 6) is 2.98. The van der Waals surface area contributed by atoms with E-state index in [1.807, 2.05) is 47.4 Å². The monoisotopic (exact) mass is 853 g/mol. The average Bonchev–Trinajstić information content (AvgIpc) is 3.72. The van der Waals surface area contributed by atoms with Crippen molar-refractivity contribution < 1.29 is 25.8 Å². The van der Waals surface area contributed by atoms with Crippen molar-refractivity contribution in [2.75, 3.05) is 0 Å². The quantitative estimate of drug-likeness (QED) is 0.122. The summed E-state index contributed by atoms with van der Waals surface area (Å²) in [5, 5.41) is 7.15. The van der Waals surface area contributed by atoms with E-state index in [0.717, 1.165) is 70.1 Å². The van der Waals surface area contributed by atoms with Crippen LogP contribution in [0.3, 0.4) is 0 Å². The molecule has 0 unspecified atom stereocenters. The van der Waals surface area contributed by atoms with E-state index in [1.54, 1.807) is 0 Å². The summed E-state index contributed by atoms with van der Waals surface area (Å²) < 4.78 is 10.5. The van der Waals surface area contributed by atoms with Crippen molar-refractivity contribution in [3.63, 3.8) is 0 Å². The minimum atomic E-state index is 0. The SMILES string of the molecule is CCCc1c(C(C)C)cc(C(C)C)c(CCC)c1-c1cnn(-c2[c-]c(Oc3[c-]c4c(cc3)c3ccccc3n4-c3cc(C)ccn3)ccc2)c1.[Pt+2]. The van der Waals surface area contributed by atoms with Gasteiger partial charge in [-0.2, -0.15) is 17.2 Å². The summed E-state index contributed by atoms with van der Waals surface area (Å²) in [6.07, 6.45) is 10.4. The number of fused-ring (bicyclic) bond motifs is 3. The van der Waals surface area contributed by atoms with Gasteiger partial charge < -0.3 is 9.30 Å². The van der Waals surface area contributed by atoms with Crippen LogP contribution in [-0.2, 0) is 33.9 Å². The van der Waals surface area contributed by atoms with Crippen LogP contribution in [0.15, 0.2) is 91.4 Å². The van der Waals surface area contributed by atoms with Gasteiger partial charge in [0.05, 0.1) is 6.20 Å². The third-order valence-corrected chi connectivity index (χ3v) is 9.63. The Morgan fingerprint density at radius 3 is 2.16 bits per heavy atom. The van der Waals surface area contributed by atoms with Crippen molar-refractivity contribution in [2.24, 2.45) is 0 Å². The average molecular weight is 854 g/mol. The molecule has 4 aromatic carbocycles. The molecule has 0 N–H and O–H groups in total. The molecule has 6 heteroatoms. The standard InChI is InChI=1S/C45H46N4O.Pt/c1-8-13-38-40(29(3)4)26-41(30(5)6)39(14-9-2)45(38)32-27-47-48(28-32)33-15-12-16-34(24-33)50-35-19-20-37-36-17-10-11-18-42(36)49(43(37)25-35)44-23-31(7)21-22-46-44;/h10-12,15-23,26-30H,8-9,13-14H2,1-7H3;/q-2;+2. The van der Waals surface area contributed by atoms with Gasteiger partial charge in [0.25, 0.3) is 0 Å². The minimum absolute atomic E-state index is 0. The van der Waals surface area contributed by atoms with Crippen molar-refractivity contribution in [1.29, 1.82) is 0 Å². The molecule has 0 fully saturated rings. The molecule has 0 spiro atoms. The van der Waals surface area contributed by atoms with Crippen LogP contribution in [0.25, 0.3) is 44.4 Å². The number of benzene rings is 4. The van der Waals surface area contributed by atoms with Crippen molar-refractivity contribution in [2.45, 2.75) is 86.0 Å². The van der Waals surface area contributed by atoms with E-state index < -0.39 is 0 Å². The zero-order valence-corrected chi connectivity index (χ0v) is 32.9. The van der Waals surface area contributed by atoms with Crippen LogP contribution in [-0.4, -0.2) is 19.3 Å². The van der Waals surface area contributed by atoms with E-state index in [0.29, 0.717) is 23.3 Å². The van der Waals surface area contributed by atoms with Crippen molar-refractivity contribution >= 4 is 21.8 Å². The van der Waals surface area contributed by atoms with Crippen molar-refractivity contribution in [1.82, 2.24) is 19.3 Å². The molecule has 7 aromatic rings. The zero-order chi connectivity index (χ0) is 34.9. The van der Waals surface area contributed by atoms with Gasteiger partial charge in [0, 0.05) is 35.0 Å². The third-order valence-electron chi connectivity index (χ3n) is 9.63. The van der Waals surface area contributed by atoms with E-state index >= 15 is 0 Å². The Hall–Kier alpha value is -4.47. The Balaban J connectivity index is 0.00000448. The van der Waals surface area contributed by atoms with Crippen molar-refractivity contribution in [3.8, 4) is 34.1 Å². The summed E-state index contributed by atoms with van der Waals surface area (Å²) in [5.41, 5.74) is 12.4. The fraction of sp³-hybridized carbons (Fsp3) is 0.289. The van der Waals surface area contributed by atoms with E-state index in [2.05, 4.69) is 114 Å². The molecule has 0 amide bonds. The Bertz CT molecular complexity index is 2280. The molecule has 0 aliphatic rings. The number of aromatic nitrogens is 4. The van der Waals surface area contributed by atoms with E-state index in [-0.39, 0.29) is 21.1 Å². The Kier molecular flexibility index (Phi) is 11.0. The number of aryl methyl sites for hydroxylation is 1. The second-order valence-electron chi connectivity index (χ2n) is 14.0. The zero-order valence-electron chi connectivity index (χ0n) is 30.7. The maximum atomic E-state index is 6.45. The Labute approximate surface area is 317 Å². The molecule has 0 saturated heterocycles. The van der Waals surface area contributed by atoms with Gasteiger partial charge in [0.15, 0.2) is 0 Å². The van der Waals surface area contributed by atoms with E-state index in [4.69, 9.17) is 14.8 Å². The van der Waals surface area contributed by atoms with Gasteiger partial charge >= 0.3 is 21.1 Å². The predicted molar refractivity (Wildman–Crippen MR) is 206 cm³/mol. The van der Waals surface area contributed by atoms with Crippen LogP contribution in [0.5, 0.6) is 11.5 Å². The Morgan fingerprint density at radius 2 is 1.47 bits per heavy atom. The molecule has 0 aliphatic carbocycles. The van der Waals surface area contributed by atoms with Crippen LogP contribution >= 0.6 is 0 Å². The molecule has 5 nitrogen and oxygen atoms in total. The molecular weight excluding hydrogens is 808 g/mol. The molecule has 3 heterocycles. The van der Waals surface area contributed by atoms with Gasteiger partial charge in [-0.05, 0) is 94.3 Å². The first-order chi connectivity index (χ1) is 24.3. The van der Waals surface area contributed by atoms with Crippen LogP contribution in [0.2, 0.25) is 0 Å². The molecule has 0 saturated carbocycles. The molecule has 0 atom stereocenters. The number of pyridine rings is 1. The normalized spacial score (nSPS) is 11.5. The Morgan fingerprint density at radius 1 is 0.765 bits per heavy atom. The van der Waals surface area contributed by atoms with E-state index in [9.17, 15) is 0 Å². The van der Waals surface area contributed by atoms with Gasteiger partial charge in [-0.3, -0.25) is 4.68 Å². The second-order valence-corrected chi connectivity index (χ2v) is 14.0. The molecule has 0 aliphatic heterocycles. The van der Waals surface area contributed by atoms with Gasteiger partial charge in [0.2, 0.25) is 0 Å². The van der Waals surface area contributed by atoms with E-state index in [1.165, 1.54) is 27.8 Å². The smallest absolute Gasteiger partial charge is 0.509 e. The number of rotatable bonds is 11. The summed E-state index contributed by atoms with van der Waals surface area (Å²) in [7, 11) is 0. The molecule has 3 aromatic heterocycles. The topological polar surface area (TPSA) is 44.9 Å². The predicted octanol–water partition coefficient (Wildman–Crippen LogP) is 11.9. The largest absolute Gasteiger partial charge is 2.00 e. The van der Waals surface area contributed by atoms with Crippen LogP contribution in [0.1, 0.15) is 94.0 Å². The fourth-order valence-corrected chi connectivity index (χ4v) is 7.38. The van der Waals surface area contributed by atoms with Crippen LogP contribution in [0, 0.1) is 19.1 Å². The van der Waals surface area contributed by atoms with Crippen LogP contribution in [0.4, 0.5) is 0 Å². The first kappa shape index (κ1) is 36.3. The molecule has 262 valence electrons.